The number of aliphatic imine (C=N–C) groups is 1. The first-order valence-electron chi connectivity index (χ1n) is 8.07. The molecule has 0 spiro atoms. The lowest BCUT2D eigenvalue weighted by atomic mass is 9.97. The number of alkyl halides is 2. The van der Waals surface area contributed by atoms with Gasteiger partial charge in [0.05, 0.1) is 15.0 Å². The average Bonchev–Trinajstić information content (AvgIpc) is 2.99. The van der Waals surface area contributed by atoms with Gasteiger partial charge in [0.15, 0.2) is 11.6 Å². The van der Waals surface area contributed by atoms with Gasteiger partial charge >= 0.3 is 0 Å². The number of hydrogen-bond acceptors (Lipinski definition) is 4. The lowest BCUT2D eigenvalue weighted by Crippen LogP contribution is -2.16. The second kappa shape index (κ2) is 10.3. The van der Waals surface area contributed by atoms with Gasteiger partial charge in [-0.25, -0.2) is 8.78 Å². The Kier molecular flexibility index (Phi) is 8.36. The fourth-order valence-corrected chi connectivity index (χ4v) is 3.04. The van der Waals surface area contributed by atoms with E-state index < -0.39 is 23.0 Å². The predicted octanol–water partition coefficient (Wildman–Crippen LogP) is 4.16. The molecule has 0 saturated carbocycles. The zero-order chi connectivity index (χ0) is 20.0. The molecule has 27 heavy (non-hydrogen) atoms. The second-order valence-corrected chi connectivity index (χ2v) is 9.39. The van der Waals surface area contributed by atoms with E-state index in [1.54, 1.807) is 6.08 Å². The number of benzene rings is 1. The molecule has 1 N–H and O–H groups in total. The molecule has 9 heteroatoms. The number of ketones is 1. The molecular formula is C18H18BrF2IN2O3. The van der Waals surface area contributed by atoms with E-state index >= 15 is 0 Å². The first-order chi connectivity index (χ1) is 12.9. The van der Waals surface area contributed by atoms with Gasteiger partial charge in [-0.2, -0.15) is 0 Å². The molecule has 0 bridgehead atoms. The van der Waals surface area contributed by atoms with E-state index in [4.69, 9.17) is 9.47 Å². The van der Waals surface area contributed by atoms with E-state index in [0.29, 0.717) is 18.0 Å². The van der Waals surface area contributed by atoms with E-state index in [0.717, 1.165) is 12.1 Å². The van der Waals surface area contributed by atoms with Crippen molar-refractivity contribution in [3.63, 3.8) is 0 Å². The smallest absolute Gasteiger partial charge is 0.201 e. The van der Waals surface area contributed by atoms with Crippen LogP contribution in [0.4, 0.5) is 8.78 Å². The Labute approximate surface area is 178 Å². The summed E-state index contributed by atoms with van der Waals surface area (Å²) < 4.78 is 39.1. The Morgan fingerprint density at radius 3 is 2.78 bits per heavy atom. The quantitative estimate of drug-likeness (QED) is 0.227. The Morgan fingerprint density at radius 2 is 2.15 bits per heavy atom. The lowest BCUT2D eigenvalue weighted by molar-refractivity contribution is 0.102. The fraction of sp³-hybridized carbons (Fsp3) is 0.333. The summed E-state index contributed by atoms with van der Waals surface area (Å²) >= 11 is 5.48. The molecule has 2 rings (SSSR count). The first-order valence-corrected chi connectivity index (χ1v) is 10.2. The second-order valence-electron chi connectivity index (χ2n) is 5.34. The van der Waals surface area contributed by atoms with Crippen LogP contribution < -0.4 is 10.1 Å². The van der Waals surface area contributed by atoms with E-state index in [2.05, 4.69) is 48.8 Å². The van der Waals surface area contributed by atoms with Gasteiger partial charge in [-0.3, -0.25) is 9.79 Å². The molecule has 1 atom stereocenters. The predicted molar refractivity (Wildman–Crippen MR) is 112 cm³/mol. The van der Waals surface area contributed by atoms with Crippen LogP contribution in [0.15, 0.2) is 40.5 Å². The fourth-order valence-electron chi connectivity index (χ4n) is 2.42. The minimum absolute atomic E-state index is 0.0789. The van der Waals surface area contributed by atoms with Crippen LogP contribution in [0.25, 0.3) is 0 Å². The highest BCUT2D eigenvalue weighted by atomic mass is 127. The van der Waals surface area contributed by atoms with Gasteiger partial charge in [-0.15, -0.1) is 0 Å². The van der Waals surface area contributed by atoms with Gasteiger partial charge in [0.2, 0.25) is 5.78 Å². The van der Waals surface area contributed by atoms with Crippen LogP contribution in [0.3, 0.4) is 0 Å². The van der Waals surface area contributed by atoms with Gasteiger partial charge in [-0.05, 0) is 25.1 Å². The molecule has 1 aromatic rings. The van der Waals surface area contributed by atoms with Crippen molar-refractivity contribution in [2.75, 3.05) is 26.9 Å². The number of methoxy groups -OCH3 is 1. The number of carbonyl (C=O) groups is 1. The van der Waals surface area contributed by atoms with Gasteiger partial charge in [0.1, 0.15) is 18.3 Å². The van der Waals surface area contributed by atoms with E-state index in [9.17, 15) is 13.6 Å². The number of allylic oxidation sites excluding steroid dienone is 1. The zero-order valence-corrected chi connectivity index (χ0v) is 18.4. The number of carbonyl (C=O) groups excluding carboxylic acids is 1. The number of rotatable bonds is 8. The van der Waals surface area contributed by atoms with Crippen molar-refractivity contribution in [1.29, 1.82) is 0 Å². The molecule has 0 radical (unpaired) electrons. The Bertz CT molecular complexity index is 810. The zero-order valence-electron chi connectivity index (χ0n) is 14.7. The highest BCUT2D eigenvalue weighted by Gasteiger charge is 2.30. The summed E-state index contributed by atoms with van der Waals surface area (Å²) in [5.41, 5.74) is -0.0426. The van der Waals surface area contributed by atoms with Crippen molar-refractivity contribution < 1.29 is 23.0 Å². The van der Waals surface area contributed by atoms with Crippen molar-refractivity contribution in [2.45, 2.75) is 9.76 Å². The lowest BCUT2D eigenvalue weighted by Gasteiger charge is -2.12. The normalized spacial score (nSPS) is 17.8. The van der Waals surface area contributed by atoms with Crippen LogP contribution in [0.2, 0.25) is 0 Å². The summed E-state index contributed by atoms with van der Waals surface area (Å²) in [5, 5.41) is 2.89. The number of halogens is 4. The average molecular weight is 555 g/mol. The van der Waals surface area contributed by atoms with Crippen LogP contribution in [0.5, 0.6) is 5.75 Å². The number of amidine groups is 1. The first kappa shape index (κ1) is 22.0. The molecule has 0 fully saturated rings. The number of nitrogens with one attached hydrogen (secondary N) is 1. The maximum absolute atomic E-state index is 14.8. The van der Waals surface area contributed by atoms with E-state index in [1.165, 1.54) is 13.3 Å². The van der Waals surface area contributed by atoms with Crippen LogP contribution in [0, 0.1) is 11.6 Å². The molecule has 5 nitrogen and oxygen atoms in total. The van der Waals surface area contributed by atoms with Crippen LogP contribution in [0.1, 0.15) is 17.3 Å². The largest absolute Gasteiger partial charge is 0.488 e. The van der Waals surface area contributed by atoms with Crippen molar-refractivity contribution in [1.82, 2.24) is 5.32 Å². The highest BCUT2D eigenvalue weighted by molar-refractivity contribution is 14.1. The molecule has 1 aliphatic rings. The van der Waals surface area contributed by atoms with Crippen LogP contribution in [-0.4, -0.2) is 41.3 Å². The van der Waals surface area contributed by atoms with Crippen molar-refractivity contribution in [3.8, 4) is 5.75 Å². The van der Waals surface area contributed by atoms with E-state index in [-0.39, 0.29) is 27.4 Å². The molecule has 1 unspecified atom stereocenters. The minimum atomic E-state index is -1.04. The summed E-state index contributed by atoms with van der Waals surface area (Å²) in [5.74, 6) is -2.50. The van der Waals surface area contributed by atoms with Gasteiger partial charge < -0.3 is 14.8 Å². The highest BCUT2D eigenvalue weighted by Crippen LogP contribution is 2.30. The van der Waals surface area contributed by atoms with Crippen molar-refractivity contribution in [2.24, 2.45) is 4.99 Å². The number of ether oxygens (including phenoxy) is 2. The number of nitrogens with zero attached hydrogens (tertiary/aromatic N) is 1. The summed E-state index contributed by atoms with van der Waals surface area (Å²) in [4.78, 5) is 17.2. The molecule has 1 aliphatic heterocycles. The van der Waals surface area contributed by atoms with Gasteiger partial charge in [-0.1, -0.05) is 38.5 Å². The van der Waals surface area contributed by atoms with Crippen LogP contribution >= 0.6 is 38.5 Å². The molecule has 1 heterocycles. The monoisotopic (exact) mass is 554 g/mol. The summed E-state index contributed by atoms with van der Waals surface area (Å²) in [6.07, 6.45) is 3.15. The Hall–Kier alpha value is -1.33. The SMILES string of the molecule is CC/N=C1/NC=C(C(=O)c2c(F)ccc(OCCOC)c2F)/C1=C/C(Br)I. The molecule has 0 aromatic heterocycles. The standard InChI is InChI=1S/C18H18BrF2IN2O3/c1-3-23-18-10(8-14(19)22)11(9-24-18)17(25)15-12(20)4-5-13(16(15)21)27-7-6-26-2/h4-5,8-9,14H,3,6-7H2,1-2H3,(H,23,24)/b10-8-. The summed E-state index contributed by atoms with van der Waals surface area (Å²) in [6.45, 7) is 2.66. The molecule has 146 valence electrons. The Morgan fingerprint density at radius 1 is 1.41 bits per heavy atom. The summed E-state index contributed by atoms with van der Waals surface area (Å²) in [6, 6.07) is 2.16. The van der Waals surface area contributed by atoms with Crippen molar-refractivity contribution >= 4 is 50.1 Å². The maximum Gasteiger partial charge on any atom is 0.201 e. The maximum atomic E-state index is 14.8. The molecule has 0 saturated heterocycles. The third-order valence-electron chi connectivity index (χ3n) is 3.58. The number of hydrogen-bond donors (Lipinski definition) is 1. The molecular weight excluding hydrogens is 537 g/mol. The third-order valence-corrected chi connectivity index (χ3v) is 4.20. The third kappa shape index (κ3) is 5.35. The van der Waals surface area contributed by atoms with E-state index in [1.807, 2.05) is 6.92 Å². The van der Waals surface area contributed by atoms with Gasteiger partial charge in [0.25, 0.3) is 0 Å². The molecule has 0 amide bonds. The minimum Gasteiger partial charge on any atom is -0.488 e. The summed E-state index contributed by atoms with van der Waals surface area (Å²) in [7, 11) is 1.48. The van der Waals surface area contributed by atoms with Gasteiger partial charge in [0, 0.05) is 31.0 Å². The number of Topliss-reactive ketones (excluding diaryl/α,β-unsaturated/α-hetero) is 1. The molecule has 0 aliphatic carbocycles. The topological polar surface area (TPSA) is 59.9 Å². The van der Waals surface area contributed by atoms with Crippen LogP contribution in [-0.2, 0) is 4.74 Å². The van der Waals surface area contributed by atoms with Crippen molar-refractivity contribution in [3.05, 3.63) is 52.8 Å². The Balaban J connectivity index is 2.42. The molecule has 1 aromatic carbocycles.